The van der Waals surface area contributed by atoms with E-state index in [4.69, 9.17) is 4.74 Å². The molecule has 10 heteroatoms. The molecule has 34 heavy (non-hydrogen) atoms. The molecule has 0 spiro atoms. The molecule has 0 radical (unpaired) electrons. The average molecular weight is 546 g/mol. The number of aromatic hydroxyl groups is 1. The van der Waals surface area contributed by atoms with Gasteiger partial charge < -0.3 is 14.4 Å². The van der Waals surface area contributed by atoms with Crippen molar-refractivity contribution in [1.29, 1.82) is 0 Å². The fraction of sp³-hybridized carbons (Fsp3) is 0.333. The van der Waals surface area contributed by atoms with Gasteiger partial charge in [0, 0.05) is 12.1 Å². The van der Waals surface area contributed by atoms with Crippen molar-refractivity contribution >= 4 is 39.8 Å². The number of nitrogens with one attached hydrogen (secondary N) is 1. The highest BCUT2D eigenvalue weighted by Gasteiger charge is 2.17. The van der Waals surface area contributed by atoms with Gasteiger partial charge in [-0.25, -0.2) is 5.43 Å². The van der Waals surface area contributed by atoms with Gasteiger partial charge in [0.05, 0.1) is 23.5 Å². The number of benzene rings is 2. The van der Waals surface area contributed by atoms with Crippen LogP contribution >= 0.6 is 27.7 Å². The standard InChI is InChI=1S/C24H28BrN5O3S/c1-6-30-22(16-7-9-17(10-8-16)24(2,3)4)28-29-23(30)34-14-20(31)27-26-13-15-11-18(25)21(32)19(12-15)33-5/h7-13,32H,6,14H2,1-5H3,(H,27,31). The molecular weight excluding hydrogens is 518 g/mol. The van der Waals surface area contributed by atoms with Gasteiger partial charge in [0.2, 0.25) is 0 Å². The van der Waals surface area contributed by atoms with E-state index in [1.807, 2.05) is 11.5 Å². The van der Waals surface area contributed by atoms with Crippen molar-refractivity contribution in [1.82, 2.24) is 20.2 Å². The van der Waals surface area contributed by atoms with E-state index in [1.165, 1.54) is 30.6 Å². The number of hydrogen-bond donors (Lipinski definition) is 2. The summed E-state index contributed by atoms with van der Waals surface area (Å²) in [7, 11) is 1.46. The van der Waals surface area contributed by atoms with E-state index in [2.05, 4.69) is 81.7 Å². The molecule has 1 aromatic heterocycles. The molecule has 1 heterocycles. The Balaban J connectivity index is 1.62. The third-order valence-electron chi connectivity index (χ3n) is 5.05. The number of aromatic nitrogens is 3. The average Bonchev–Trinajstić information content (AvgIpc) is 3.22. The molecule has 8 nitrogen and oxygen atoms in total. The van der Waals surface area contributed by atoms with Crippen LogP contribution in [-0.4, -0.2) is 44.9 Å². The van der Waals surface area contributed by atoms with Gasteiger partial charge in [0.25, 0.3) is 5.91 Å². The van der Waals surface area contributed by atoms with Gasteiger partial charge in [-0.3, -0.25) is 4.79 Å². The number of carbonyl (C=O) groups is 1. The van der Waals surface area contributed by atoms with Crippen LogP contribution in [0.25, 0.3) is 11.4 Å². The van der Waals surface area contributed by atoms with Crippen LogP contribution < -0.4 is 10.2 Å². The third-order valence-corrected chi connectivity index (χ3v) is 6.62. The van der Waals surface area contributed by atoms with E-state index in [0.717, 1.165) is 11.4 Å². The minimum absolute atomic E-state index is 0.00429. The second-order valence-electron chi connectivity index (χ2n) is 8.51. The number of amides is 1. The van der Waals surface area contributed by atoms with Crippen molar-refractivity contribution in [3.8, 4) is 22.9 Å². The zero-order chi connectivity index (χ0) is 24.9. The summed E-state index contributed by atoms with van der Waals surface area (Å²) in [5, 5.41) is 23.2. The van der Waals surface area contributed by atoms with Gasteiger partial charge in [0.15, 0.2) is 22.5 Å². The van der Waals surface area contributed by atoms with Crippen molar-refractivity contribution < 1.29 is 14.6 Å². The molecule has 0 saturated carbocycles. The van der Waals surface area contributed by atoms with Crippen LogP contribution in [0.3, 0.4) is 0 Å². The summed E-state index contributed by atoms with van der Waals surface area (Å²) in [5.74, 6) is 0.953. The lowest BCUT2D eigenvalue weighted by Gasteiger charge is -2.19. The number of phenolic OH excluding ortho intramolecular Hbond substituents is 1. The summed E-state index contributed by atoms with van der Waals surface area (Å²) in [5.41, 5.74) is 5.48. The molecule has 2 aromatic carbocycles. The van der Waals surface area contributed by atoms with Crippen LogP contribution in [0.4, 0.5) is 0 Å². The van der Waals surface area contributed by atoms with Crippen LogP contribution in [-0.2, 0) is 16.8 Å². The number of halogens is 1. The zero-order valence-electron chi connectivity index (χ0n) is 19.8. The van der Waals surface area contributed by atoms with Crippen molar-refractivity contribution in [2.24, 2.45) is 5.10 Å². The lowest BCUT2D eigenvalue weighted by atomic mass is 9.87. The SMILES string of the molecule is CCn1c(SCC(=O)NN=Cc2cc(Br)c(O)c(OC)c2)nnc1-c1ccc(C(C)(C)C)cc1. The fourth-order valence-electron chi connectivity index (χ4n) is 3.18. The fourth-order valence-corrected chi connectivity index (χ4v) is 4.43. The molecule has 1 amide bonds. The molecule has 0 aliphatic heterocycles. The smallest absolute Gasteiger partial charge is 0.250 e. The molecule has 0 saturated heterocycles. The van der Waals surface area contributed by atoms with Crippen molar-refractivity contribution in [3.05, 3.63) is 52.0 Å². The Hall–Kier alpha value is -2.85. The maximum absolute atomic E-state index is 12.3. The lowest BCUT2D eigenvalue weighted by Crippen LogP contribution is -2.20. The minimum atomic E-state index is -0.271. The molecule has 0 bridgehead atoms. The largest absolute Gasteiger partial charge is 0.503 e. The second-order valence-corrected chi connectivity index (χ2v) is 10.3. The van der Waals surface area contributed by atoms with Crippen molar-refractivity contribution in [2.45, 2.75) is 44.8 Å². The predicted molar refractivity (Wildman–Crippen MR) is 139 cm³/mol. The number of thioether (sulfide) groups is 1. The highest BCUT2D eigenvalue weighted by molar-refractivity contribution is 9.10. The summed E-state index contributed by atoms with van der Waals surface area (Å²) >= 11 is 4.56. The minimum Gasteiger partial charge on any atom is -0.503 e. The molecule has 0 fully saturated rings. The van der Waals surface area contributed by atoms with Gasteiger partial charge in [-0.15, -0.1) is 10.2 Å². The Morgan fingerprint density at radius 3 is 2.59 bits per heavy atom. The summed E-state index contributed by atoms with van der Waals surface area (Å²) in [6, 6.07) is 11.6. The topological polar surface area (TPSA) is 102 Å². The molecule has 180 valence electrons. The van der Waals surface area contributed by atoms with E-state index in [-0.39, 0.29) is 22.8 Å². The first-order valence-electron chi connectivity index (χ1n) is 10.7. The number of ether oxygens (including phenoxy) is 1. The van der Waals surface area contributed by atoms with Crippen LogP contribution in [0.1, 0.15) is 38.8 Å². The molecular formula is C24H28BrN5O3S. The zero-order valence-corrected chi connectivity index (χ0v) is 22.2. The molecule has 0 aliphatic rings. The Labute approximate surface area is 211 Å². The first-order valence-corrected chi connectivity index (χ1v) is 12.5. The Morgan fingerprint density at radius 1 is 1.26 bits per heavy atom. The number of methoxy groups -OCH3 is 1. The number of phenols is 1. The number of hydrazone groups is 1. The number of hydrogen-bond acceptors (Lipinski definition) is 7. The summed E-state index contributed by atoms with van der Waals surface area (Å²) in [6.07, 6.45) is 1.48. The lowest BCUT2D eigenvalue weighted by molar-refractivity contribution is -0.118. The molecule has 3 aromatic rings. The highest BCUT2D eigenvalue weighted by Crippen LogP contribution is 2.34. The van der Waals surface area contributed by atoms with Gasteiger partial charge in [-0.05, 0) is 51.5 Å². The monoisotopic (exact) mass is 545 g/mol. The second kappa shape index (κ2) is 11.1. The molecule has 0 unspecified atom stereocenters. The Morgan fingerprint density at radius 2 is 1.97 bits per heavy atom. The molecule has 0 aliphatic carbocycles. The first kappa shape index (κ1) is 25.8. The van der Waals surface area contributed by atoms with Gasteiger partial charge in [-0.2, -0.15) is 5.10 Å². The van der Waals surface area contributed by atoms with Gasteiger partial charge in [-0.1, -0.05) is 56.8 Å². The number of nitrogens with zero attached hydrogens (tertiary/aromatic N) is 4. The van der Waals surface area contributed by atoms with Crippen LogP contribution in [0.15, 0.2) is 51.1 Å². The van der Waals surface area contributed by atoms with Gasteiger partial charge in [0.1, 0.15) is 0 Å². The van der Waals surface area contributed by atoms with E-state index in [9.17, 15) is 9.90 Å². The Kier molecular flexibility index (Phi) is 8.37. The first-order chi connectivity index (χ1) is 16.1. The van der Waals surface area contributed by atoms with Crippen molar-refractivity contribution in [3.63, 3.8) is 0 Å². The summed E-state index contributed by atoms with van der Waals surface area (Å²) in [4.78, 5) is 12.3. The van der Waals surface area contributed by atoms with Crippen LogP contribution in [0.2, 0.25) is 0 Å². The normalized spacial score (nSPS) is 11.7. The predicted octanol–water partition coefficient (Wildman–Crippen LogP) is 4.98. The maximum atomic E-state index is 12.3. The number of rotatable bonds is 8. The van der Waals surface area contributed by atoms with Gasteiger partial charge >= 0.3 is 0 Å². The third kappa shape index (κ3) is 6.18. The van der Waals surface area contributed by atoms with Crippen molar-refractivity contribution in [2.75, 3.05) is 12.9 Å². The molecule has 0 atom stereocenters. The Bertz CT molecular complexity index is 1190. The van der Waals surface area contributed by atoms with E-state index in [0.29, 0.717) is 27.5 Å². The van der Waals surface area contributed by atoms with Crippen LogP contribution in [0, 0.1) is 0 Å². The van der Waals surface area contributed by atoms with E-state index in [1.54, 1.807) is 12.1 Å². The molecule has 3 rings (SSSR count). The summed E-state index contributed by atoms with van der Waals surface area (Å²) in [6.45, 7) is 9.25. The van der Waals surface area contributed by atoms with Crippen LogP contribution in [0.5, 0.6) is 11.5 Å². The van der Waals surface area contributed by atoms with E-state index >= 15 is 0 Å². The highest BCUT2D eigenvalue weighted by atomic mass is 79.9. The quantitative estimate of drug-likeness (QED) is 0.235. The van der Waals surface area contributed by atoms with E-state index < -0.39 is 0 Å². The molecule has 2 N–H and O–H groups in total. The number of carbonyl (C=O) groups excluding carboxylic acids is 1. The maximum Gasteiger partial charge on any atom is 0.250 e. The summed E-state index contributed by atoms with van der Waals surface area (Å²) < 4.78 is 7.57.